The second-order valence-corrected chi connectivity index (χ2v) is 4.67. The molecule has 4 heteroatoms. The lowest BCUT2D eigenvalue weighted by molar-refractivity contribution is 0.400. The van der Waals surface area contributed by atoms with Gasteiger partial charge in [0.15, 0.2) is 0 Å². The van der Waals surface area contributed by atoms with Gasteiger partial charge in [0.2, 0.25) is 0 Å². The first-order valence-electron chi connectivity index (χ1n) is 5.72. The predicted octanol–water partition coefficient (Wildman–Crippen LogP) is 3.03. The molecule has 1 aromatic carbocycles. The minimum atomic E-state index is 0.359. The number of benzene rings is 1. The van der Waals surface area contributed by atoms with Gasteiger partial charge < -0.3 is 10.3 Å². The number of para-hydroxylation sites is 1. The summed E-state index contributed by atoms with van der Waals surface area (Å²) in [6.07, 6.45) is 3.68. The van der Waals surface area contributed by atoms with Gasteiger partial charge in [-0.3, -0.25) is 0 Å². The molecular weight excluding hydrogens is 222 g/mol. The van der Waals surface area contributed by atoms with Crippen LogP contribution in [0.2, 0.25) is 5.02 Å². The van der Waals surface area contributed by atoms with Gasteiger partial charge in [-0.15, -0.1) is 0 Å². The highest BCUT2D eigenvalue weighted by atomic mass is 35.5. The maximum atomic E-state index is 6.11. The van der Waals surface area contributed by atoms with Gasteiger partial charge in [-0.25, -0.2) is 4.98 Å². The molecule has 2 aromatic rings. The zero-order valence-electron chi connectivity index (χ0n) is 8.96. The summed E-state index contributed by atoms with van der Waals surface area (Å²) in [6, 6.07) is 6.20. The fraction of sp³-hybridized carbons (Fsp3) is 0.417. The van der Waals surface area contributed by atoms with Crippen molar-refractivity contribution in [2.45, 2.75) is 25.3 Å². The van der Waals surface area contributed by atoms with E-state index in [1.807, 2.05) is 18.2 Å². The zero-order valence-corrected chi connectivity index (χ0v) is 9.72. The summed E-state index contributed by atoms with van der Waals surface area (Å²) in [7, 11) is 0. The average Bonchev–Trinajstić information content (AvgIpc) is 2.76. The molecule has 0 aliphatic carbocycles. The molecular formula is C12H14ClN3. The first-order valence-corrected chi connectivity index (χ1v) is 6.10. The SMILES string of the molecule is Clc1cccc2[nH]c(C3CCCCN3)nc12. The van der Waals surface area contributed by atoms with E-state index in [4.69, 9.17) is 11.6 Å². The third-order valence-corrected chi connectivity index (χ3v) is 3.43. The van der Waals surface area contributed by atoms with Crippen molar-refractivity contribution >= 4 is 22.6 Å². The van der Waals surface area contributed by atoms with Crippen LogP contribution in [0, 0.1) is 0 Å². The van der Waals surface area contributed by atoms with Crippen LogP contribution in [0.5, 0.6) is 0 Å². The van der Waals surface area contributed by atoms with Crippen molar-refractivity contribution < 1.29 is 0 Å². The molecule has 0 spiro atoms. The Kier molecular flexibility index (Phi) is 2.58. The van der Waals surface area contributed by atoms with E-state index in [2.05, 4.69) is 15.3 Å². The molecule has 0 saturated carbocycles. The number of nitrogens with zero attached hydrogens (tertiary/aromatic N) is 1. The second kappa shape index (κ2) is 4.07. The van der Waals surface area contributed by atoms with Crippen molar-refractivity contribution in [2.75, 3.05) is 6.54 Å². The molecule has 0 radical (unpaired) electrons. The van der Waals surface area contributed by atoms with E-state index in [1.54, 1.807) is 0 Å². The third kappa shape index (κ3) is 1.70. The van der Waals surface area contributed by atoms with E-state index in [1.165, 1.54) is 12.8 Å². The minimum absolute atomic E-state index is 0.359. The van der Waals surface area contributed by atoms with E-state index >= 15 is 0 Å². The van der Waals surface area contributed by atoms with Gasteiger partial charge in [0.1, 0.15) is 11.3 Å². The fourth-order valence-corrected chi connectivity index (χ4v) is 2.48. The summed E-state index contributed by atoms with van der Waals surface area (Å²) < 4.78 is 0. The highest BCUT2D eigenvalue weighted by molar-refractivity contribution is 6.34. The first kappa shape index (κ1) is 10.1. The van der Waals surface area contributed by atoms with Crippen LogP contribution in [-0.4, -0.2) is 16.5 Å². The van der Waals surface area contributed by atoms with E-state index in [0.717, 1.165) is 34.8 Å². The van der Waals surface area contributed by atoms with Gasteiger partial charge in [0.05, 0.1) is 16.6 Å². The number of aromatic amines is 1. The molecule has 1 atom stereocenters. The molecule has 1 aliphatic rings. The predicted molar refractivity (Wildman–Crippen MR) is 65.7 cm³/mol. The van der Waals surface area contributed by atoms with Crippen molar-refractivity contribution in [1.29, 1.82) is 0 Å². The number of halogens is 1. The van der Waals surface area contributed by atoms with Gasteiger partial charge >= 0.3 is 0 Å². The lowest BCUT2D eigenvalue weighted by Gasteiger charge is -2.21. The Hall–Kier alpha value is -1.06. The van der Waals surface area contributed by atoms with Crippen molar-refractivity contribution in [3.8, 4) is 0 Å². The van der Waals surface area contributed by atoms with Crippen LogP contribution < -0.4 is 5.32 Å². The smallest absolute Gasteiger partial charge is 0.124 e. The average molecular weight is 236 g/mol. The Labute approximate surface area is 99.2 Å². The summed E-state index contributed by atoms with van der Waals surface area (Å²) in [5.41, 5.74) is 1.90. The molecule has 2 N–H and O–H groups in total. The van der Waals surface area contributed by atoms with Gasteiger partial charge in [-0.2, -0.15) is 0 Å². The zero-order chi connectivity index (χ0) is 11.0. The van der Waals surface area contributed by atoms with Crippen molar-refractivity contribution in [2.24, 2.45) is 0 Å². The van der Waals surface area contributed by atoms with Crippen molar-refractivity contribution in [3.05, 3.63) is 29.0 Å². The highest BCUT2D eigenvalue weighted by Crippen LogP contribution is 2.26. The lowest BCUT2D eigenvalue weighted by Crippen LogP contribution is -2.27. The summed E-state index contributed by atoms with van der Waals surface area (Å²) in [4.78, 5) is 7.93. The van der Waals surface area contributed by atoms with Crippen LogP contribution in [0.15, 0.2) is 18.2 Å². The Morgan fingerprint density at radius 2 is 2.25 bits per heavy atom. The Bertz CT molecular complexity index is 500. The number of piperidine rings is 1. The van der Waals surface area contributed by atoms with Crippen molar-refractivity contribution in [3.63, 3.8) is 0 Å². The van der Waals surface area contributed by atoms with E-state index in [0.29, 0.717) is 6.04 Å². The largest absolute Gasteiger partial charge is 0.341 e. The molecule has 1 fully saturated rings. The van der Waals surface area contributed by atoms with Crippen LogP contribution in [0.3, 0.4) is 0 Å². The molecule has 1 aliphatic heterocycles. The number of H-pyrrole nitrogens is 1. The number of rotatable bonds is 1. The standard InChI is InChI=1S/C12H14ClN3/c13-8-4-3-6-9-11(8)16-12(15-9)10-5-1-2-7-14-10/h3-4,6,10,14H,1-2,5,7H2,(H,15,16). The van der Waals surface area contributed by atoms with E-state index in [9.17, 15) is 0 Å². The molecule has 0 bridgehead atoms. The third-order valence-electron chi connectivity index (χ3n) is 3.12. The number of imidazole rings is 1. The molecule has 1 aromatic heterocycles. The maximum Gasteiger partial charge on any atom is 0.124 e. The number of hydrogen-bond donors (Lipinski definition) is 2. The lowest BCUT2D eigenvalue weighted by atomic mass is 10.0. The first-order chi connectivity index (χ1) is 7.84. The number of hydrogen-bond acceptors (Lipinski definition) is 2. The topological polar surface area (TPSA) is 40.7 Å². The second-order valence-electron chi connectivity index (χ2n) is 4.26. The summed E-state index contributed by atoms with van der Waals surface area (Å²) in [5, 5.41) is 4.20. The molecule has 16 heavy (non-hydrogen) atoms. The van der Waals surface area contributed by atoms with Gasteiger partial charge in [0.25, 0.3) is 0 Å². The molecule has 3 nitrogen and oxygen atoms in total. The molecule has 1 unspecified atom stereocenters. The molecule has 0 amide bonds. The van der Waals surface area contributed by atoms with E-state index in [-0.39, 0.29) is 0 Å². The maximum absolute atomic E-state index is 6.11. The minimum Gasteiger partial charge on any atom is -0.341 e. The van der Waals surface area contributed by atoms with Gasteiger partial charge in [-0.1, -0.05) is 24.1 Å². The highest BCUT2D eigenvalue weighted by Gasteiger charge is 2.18. The van der Waals surface area contributed by atoms with Crippen LogP contribution in [-0.2, 0) is 0 Å². The van der Waals surface area contributed by atoms with Gasteiger partial charge in [-0.05, 0) is 31.5 Å². The van der Waals surface area contributed by atoms with Crippen LogP contribution >= 0.6 is 11.6 Å². The summed E-state index contributed by atoms with van der Waals surface area (Å²) >= 11 is 6.11. The Morgan fingerprint density at radius 3 is 3.00 bits per heavy atom. The molecule has 2 heterocycles. The fourth-order valence-electron chi connectivity index (χ4n) is 2.27. The Morgan fingerprint density at radius 1 is 1.31 bits per heavy atom. The van der Waals surface area contributed by atoms with Gasteiger partial charge in [0, 0.05) is 0 Å². The van der Waals surface area contributed by atoms with E-state index < -0.39 is 0 Å². The van der Waals surface area contributed by atoms with Crippen LogP contribution in [0.4, 0.5) is 0 Å². The molecule has 84 valence electrons. The summed E-state index contributed by atoms with van der Waals surface area (Å²) in [6.45, 7) is 1.08. The van der Waals surface area contributed by atoms with Crippen LogP contribution in [0.1, 0.15) is 31.1 Å². The van der Waals surface area contributed by atoms with Crippen LogP contribution in [0.25, 0.3) is 11.0 Å². The summed E-state index contributed by atoms with van der Waals surface area (Å²) in [5.74, 6) is 1.02. The quantitative estimate of drug-likeness (QED) is 0.798. The Balaban J connectivity index is 2.01. The number of fused-ring (bicyclic) bond motifs is 1. The monoisotopic (exact) mass is 235 g/mol. The number of nitrogens with one attached hydrogen (secondary N) is 2. The van der Waals surface area contributed by atoms with Crippen molar-refractivity contribution in [1.82, 2.24) is 15.3 Å². The molecule has 1 saturated heterocycles. The normalized spacial score (nSPS) is 21.4. The number of aromatic nitrogens is 2. The molecule has 3 rings (SSSR count).